The van der Waals surface area contributed by atoms with E-state index in [1.54, 1.807) is 0 Å². The number of carbonyl (C=O) groups excluding carboxylic acids is 1. The molecule has 0 aromatic rings. The lowest BCUT2D eigenvalue weighted by molar-refractivity contribution is -0.173. The maximum Gasteiger partial charge on any atom is 0.397 e. The fourth-order valence-electron chi connectivity index (χ4n) is 9.36. The number of rotatable bonds is 8. The number of allylic oxidation sites excluding steroid dienone is 3. The van der Waals surface area contributed by atoms with E-state index in [9.17, 15) is 28.0 Å². The van der Waals surface area contributed by atoms with E-state index < -0.39 is 57.0 Å². The van der Waals surface area contributed by atoms with Gasteiger partial charge in [-0.05, 0) is 89.7 Å². The third kappa shape index (κ3) is 5.39. The molecule has 0 radical (unpaired) electrons. The van der Waals surface area contributed by atoms with Crippen LogP contribution in [0.4, 0.5) is 0 Å². The van der Waals surface area contributed by atoms with Crippen LogP contribution in [0.2, 0.25) is 0 Å². The van der Waals surface area contributed by atoms with Crippen LogP contribution in [0.5, 0.6) is 0 Å². The molecule has 4 rings (SSSR count). The summed E-state index contributed by atoms with van der Waals surface area (Å²) < 4.78 is 43.9. The Balaban J connectivity index is 1.78. The summed E-state index contributed by atoms with van der Waals surface area (Å²) in [6.07, 6.45) is 2.28. The summed E-state index contributed by atoms with van der Waals surface area (Å²) in [7, 11) is -4.78. The molecule has 9 atom stereocenters. The molecule has 1 fully saturated rings. The van der Waals surface area contributed by atoms with Gasteiger partial charge in [0.2, 0.25) is 0 Å². The van der Waals surface area contributed by atoms with Crippen LogP contribution in [0.25, 0.3) is 0 Å². The van der Waals surface area contributed by atoms with Gasteiger partial charge in [0.05, 0.1) is 6.10 Å². The Hall–Kier alpha value is -1.52. The van der Waals surface area contributed by atoms with Crippen LogP contribution in [0.3, 0.4) is 0 Å². The number of carbonyl (C=O) groups is 1. The van der Waals surface area contributed by atoms with Crippen molar-refractivity contribution in [2.75, 3.05) is 0 Å². The lowest BCUT2D eigenvalue weighted by Crippen LogP contribution is -2.63. The zero-order valence-electron chi connectivity index (χ0n) is 25.9. The molecule has 0 bridgehead atoms. The molecule has 3 N–H and O–H groups in total. The molecule has 0 saturated heterocycles. The predicted molar refractivity (Wildman–Crippen MR) is 157 cm³/mol. The van der Waals surface area contributed by atoms with Gasteiger partial charge in [-0.15, -0.1) is 0 Å². The van der Waals surface area contributed by atoms with Gasteiger partial charge >= 0.3 is 16.4 Å². The van der Waals surface area contributed by atoms with Crippen molar-refractivity contribution >= 4 is 16.4 Å². The molecule has 0 spiro atoms. The average Bonchev–Trinajstić information content (AvgIpc) is 3.19. The smallest absolute Gasteiger partial charge is 0.397 e. The normalized spacial score (nSPS) is 39.0. The number of aliphatic hydroxyl groups excluding tert-OH is 2. The van der Waals surface area contributed by atoms with E-state index >= 15 is 0 Å². The summed E-state index contributed by atoms with van der Waals surface area (Å²) in [5, 5.41) is 23.4. The number of hydrogen-bond donors (Lipinski definition) is 3. The topological polar surface area (TPSA) is 130 Å². The van der Waals surface area contributed by atoms with Crippen LogP contribution >= 0.6 is 0 Å². The fraction of sp³-hybridized carbons (Fsp3) is 0.781. The number of ether oxygens (including phenoxy) is 1. The lowest BCUT2D eigenvalue weighted by Gasteiger charge is -2.62. The summed E-state index contributed by atoms with van der Waals surface area (Å²) in [5.41, 5.74) is 2.08. The molecule has 232 valence electrons. The Morgan fingerprint density at radius 2 is 1.78 bits per heavy atom. The predicted octanol–water partition coefficient (Wildman–Crippen LogP) is 5.57. The Labute approximate surface area is 246 Å². The van der Waals surface area contributed by atoms with Gasteiger partial charge in [0, 0.05) is 12.3 Å². The van der Waals surface area contributed by atoms with E-state index in [2.05, 4.69) is 40.3 Å². The highest BCUT2D eigenvalue weighted by molar-refractivity contribution is 7.80. The summed E-state index contributed by atoms with van der Waals surface area (Å²) >= 11 is 0. The average molecular weight is 595 g/mol. The number of fused-ring (bicyclic) bond motifs is 4. The number of aliphatic hydroxyl groups is 2. The minimum Gasteiger partial charge on any atom is -0.458 e. The van der Waals surface area contributed by atoms with Crippen molar-refractivity contribution in [1.29, 1.82) is 0 Å². The van der Waals surface area contributed by atoms with Crippen molar-refractivity contribution in [1.82, 2.24) is 0 Å². The Bertz CT molecular complexity index is 1250. The monoisotopic (exact) mass is 594 g/mol. The van der Waals surface area contributed by atoms with E-state index in [0.29, 0.717) is 24.7 Å². The highest BCUT2D eigenvalue weighted by Gasteiger charge is 2.65. The van der Waals surface area contributed by atoms with Crippen molar-refractivity contribution in [3.05, 3.63) is 34.9 Å². The van der Waals surface area contributed by atoms with Crippen molar-refractivity contribution in [2.24, 2.45) is 39.9 Å². The van der Waals surface area contributed by atoms with E-state index in [1.807, 2.05) is 20.8 Å². The van der Waals surface area contributed by atoms with E-state index in [0.717, 1.165) is 36.0 Å². The summed E-state index contributed by atoms with van der Waals surface area (Å²) in [5.74, 6) is 0.267. The van der Waals surface area contributed by atoms with Gasteiger partial charge in [-0.25, -0.2) is 4.18 Å². The molecular weight excluding hydrogens is 544 g/mol. The molecule has 41 heavy (non-hydrogen) atoms. The van der Waals surface area contributed by atoms with Crippen molar-refractivity contribution in [2.45, 2.75) is 118 Å². The van der Waals surface area contributed by atoms with Crippen LogP contribution in [0.15, 0.2) is 34.9 Å². The first-order valence-corrected chi connectivity index (χ1v) is 16.4. The van der Waals surface area contributed by atoms with Gasteiger partial charge in [-0.3, -0.25) is 9.35 Å². The minimum atomic E-state index is -4.78. The Morgan fingerprint density at radius 3 is 2.34 bits per heavy atom. The zero-order chi connectivity index (χ0) is 30.9. The second-order valence-corrected chi connectivity index (χ2v) is 15.5. The molecular formula is C32H50O8S. The standard InChI is InChI=1S/C32H50O8S/c1-17(2)18(3)10-11-19(4)22-13-14-23-21-12-15-25-30(6,7)28(40-41(36,37)38)24(34)16-31(25,8)26(21)27(35)29(32(22,23)9)39-20(5)33/h14,17,19,22,24-25,27-29,34-35H,3,10-13,15-16H2,1-2,4-9H3,(H,36,37,38)/t19-,22-,24?,25?,27-,28+,29+,31+,32-/m1/s1. The van der Waals surface area contributed by atoms with Crippen LogP contribution in [0, 0.1) is 39.9 Å². The van der Waals surface area contributed by atoms with Crippen molar-refractivity contribution in [3.8, 4) is 0 Å². The largest absolute Gasteiger partial charge is 0.458 e. The first-order chi connectivity index (χ1) is 18.8. The van der Waals surface area contributed by atoms with Gasteiger partial charge in [0.15, 0.2) is 0 Å². The van der Waals surface area contributed by atoms with Crippen molar-refractivity contribution < 1.29 is 36.9 Å². The van der Waals surface area contributed by atoms with Crippen molar-refractivity contribution in [3.63, 3.8) is 0 Å². The molecule has 8 nitrogen and oxygen atoms in total. The van der Waals surface area contributed by atoms with Crippen LogP contribution in [-0.4, -0.2) is 53.6 Å². The van der Waals surface area contributed by atoms with Crippen LogP contribution < -0.4 is 0 Å². The highest BCUT2D eigenvalue weighted by atomic mass is 32.3. The third-order valence-corrected chi connectivity index (χ3v) is 11.8. The highest BCUT2D eigenvalue weighted by Crippen LogP contribution is 2.67. The van der Waals surface area contributed by atoms with E-state index in [-0.39, 0.29) is 18.3 Å². The fourth-order valence-corrected chi connectivity index (χ4v) is 10.0. The van der Waals surface area contributed by atoms with Gasteiger partial charge < -0.3 is 14.9 Å². The summed E-state index contributed by atoms with van der Waals surface area (Å²) in [6.45, 7) is 20.0. The quantitative estimate of drug-likeness (QED) is 0.189. The van der Waals surface area contributed by atoms with E-state index in [1.165, 1.54) is 12.5 Å². The SMILES string of the molecule is C=C(CC[C@@H](C)[C@H]1CC=C2C3=C([C@@H](O)[C@H](OC(C)=O)[C@@]21C)[C@@]1(C)CC(O)[C@H](OS(=O)(=O)O)C(C)(C)C1CC3)C(C)C. The van der Waals surface area contributed by atoms with Gasteiger partial charge in [0.1, 0.15) is 18.3 Å². The summed E-state index contributed by atoms with van der Waals surface area (Å²) in [6, 6.07) is 0. The molecule has 4 aliphatic rings. The van der Waals surface area contributed by atoms with Crippen LogP contribution in [0.1, 0.15) is 93.9 Å². The minimum absolute atomic E-state index is 0.144. The number of hydrogen-bond acceptors (Lipinski definition) is 7. The molecule has 1 saturated carbocycles. The maximum absolute atomic E-state index is 12.5. The second-order valence-electron chi connectivity index (χ2n) is 14.5. The molecule has 2 unspecified atom stereocenters. The first kappa shape index (κ1) is 32.4. The zero-order valence-corrected chi connectivity index (χ0v) is 26.8. The Kier molecular flexibility index (Phi) is 8.60. The lowest BCUT2D eigenvalue weighted by atomic mass is 9.45. The molecule has 9 heteroatoms. The third-order valence-electron chi connectivity index (χ3n) is 11.4. The summed E-state index contributed by atoms with van der Waals surface area (Å²) in [4.78, 5) is 12.5. The molecule has 0 aliphatic heterocycles. The van der Waals surface area contributed by atoms with Crippen LogP contribution in [-0.2, 0) is 24.1 Å². The molecule has 4 aliphatic carbocycles. The molecule has 0 heterocycles. The van der Waals surface area contributed by atoms with Gasteiger partial charge in [0.25, 0.3) is 0 Å². The molecule has 0 amide bonds. The molecule has 0 aromatic carbocycles. The Morgan fingerprint density at radius 1 is 1.15 bits per heavy atom. The van der Waals surface area contributed by atoms with E-state index in [4.69, 9.17) is 8.92 Å². The molecule has 0 aromatic heterocycles. The van der Waals surface area contributed by atoms with Gasteiger partial charge in [-0.2, -0.15) is 8.42 Å². The first-order valence-electron chi connectivity index (χ1n) is 15.1. The maximum atomic E-state index is 12.5. The number of esters is 1. The van der Waals surface area contributed by atoms with Gasteiger partial charge in [-0.1, -0.05) is 66.7 Å². The second kappa shape index (κ2) is 10.9.